The van der Waals surface area contributed by atoms with E-state index in [0.29, 0.717) is 16.3 Å². The van der Waals surface area contributed by atoms with Gasteiger partial charge in [-0.1, -0.05) is 12.1 Å². The molecule has 0 saturated heterocycles. The standard InChI is InChI=1S/C17H18N4O4/c1-17(2,3)20-15(23)10-7-5-6-9-11(10)14-18-8-19-21(14)12(13(9)22)16(24)25-4/h5-8,22H,1-4H3,(H,20,23). The fourth-order valence-corrected chi connectivity index (χ4v) is 2.67. The number of carbonyl (C=O) groups excluding carboxylic acids is 2. The molecule has 130 valence electrons. The van der Waals surface area contributed by atoms with Crippen LogP contribution in [0.3, 0.4) is 0 Å². The second kappa shape index (κ2) is 5.73. The molecule has 0 aliphatic heterocycles. The van der Waals surface area contributed by atoms with E-state index in [9.17, 15) is 14.7 Å². The number of pyridine rings is 1. The molecular formula is C17H18N4O4. The van der Waals surface area contributed by atoms with E-state index >= 15 is 0 Å². The van der Waals surface area contributed by atoms with Crippen molar-refractivity contribution in [2.24, 2.45) is 0 Å². The summed E-state index contributed by atoms with van der Waals surface area (Å²) in [5.41, 5.74) is 0.0397. The molecule has 2 heterocycles. The molecule has 2 N–H and O–H groups in total. The summed E-state index contributed by atoms with van der Waals surface area (Å²) in [5, 5.41) is 18.2. The van der Waals surface area contributed by atoms with Gasteiger partial charge in [0.15, 0.2) is 17.1 Å². The molecule has 0 aliphatic rings. The van der Waals surface area contributed by atoms with Crippen LogP contribution in [0.1, 0.15) is 41.6 Å². The van der Waals surface area contributed by atoms with E-state index in [-0.39, 0.29) is 23.0 Å². The maximum absolute atomic E-state index is 12.7. The summed E-state index contributed by atoms with van der Waals surface area (Å²) in [6.07, 6.45) is 1.25. The van der Waals surface area contributed by atoms with Crippen LogP contribution >= 0.6 is 0 Å². The molecule has 0 spiro atoms. The third-order valence-electron chi connectivity index (χ3n) is 3.64. The van der Waals surface area contributed by atoms with Crippen LogP contribution in [0.25, 0.3) is 16.4 Å². The quantitative estimate of drug-likeness (QED) is 0.689. The van der Waals surface area contributed by atoms with Crippen molar-refractivity contribution in [3.05, 3.63) is 35.8 Å². The number of carbonyl (C=O) groups is 2. The number of hydrogen-bond donors (Lipinski definition) is 2. The number of rotatable bonds is 2. The minimum atomic E-state index is -0.751. The average Bonchev–Trinajstić information content (AvgIpc) is 3.01. The van der Waals surface area contributed by atoms with E-state index in [4.69, 9.17) is 4.74 Å². The van der Waals surface area contributed by atoms with Crippen molar-refractivity contribution in [2.45, 2.75) is 26.3 Å². The summed E-state index contributed by atoms with van der Waals surface area (Å²) >= 11 is 0. The first-order valence-electron chi connectivity index (χ1n) is 7.63. The van der Waals surface area contributed by atoms with Crippen LogP contribution in [0.15, 0.2) is 24.5 Å². The lowest BCUT2D eigenvalue weighted by molar-refractivity contribution is 0.0587. The highest BCUT2D eigenvalue weighted by molar-refractivity contribution is 6.15. The van der Waals surface area contributed by atoms with Crippen molar-refractivity contribution >= 4 is 28.3 Å². The van der Waals surface area contributed by atoms with Crippen molar-refractivity contribution < 1.29 is 19.4 Å². The summed E-state index contributed by atoms with van der Waals surface area (Å²) in [5.74, 6) is -1.38. The number of aromatic nitrogens is 3. The van der Waals surface area contributed by atoms with Gasteiger partial charge in [-0.3, -0.25) is 4.79 Å². The highest BCUT2D eigenvalue weighted by atomic mass is 16.5. The van der Waals surface area contributed by atoms with Crippen LogP contribution in [-0.2, 0) is 4.74 Å². The highest BCUT2D eigenvalue weighted by Gasteiger charge is 2.25. The van der Waals surface area contributed by atoms with Crippen LogP contribution < -0.4 is 5.32 Å². The summed E-state index contributed by atoms with van der Waals surface area (Å²) in [4.78, 5) is 28.9. The van der Waals surface area contributed by atoms with Crippen LogP contribution in [-0.4, -0.2) is 44.2 Å². The second-order valence-electron chi connectivity index (χ2n) is 6.62. The molecule has 0 radical (unpaired) electrons. The number of nitrogens with one attached hydrogen (secondary N) is 1. The zero-order valence-corrected chi connectivity index (χ0v) is 14.3. The summed E-state index contributed by atoms with van der Waals surface area (Å²) in [7, 11) is 1.21. The maximum Gasteiger partial charge on any atom is 0.360 e. The van der Waals surface area contributed by atoms with E-state index in [2.05, 4.69) is 15.4 Å². The zero-order valence-electron chi connectivity index (χ0n) is 14.3. The van der Waals surface area contributed by atoms with Gasteiger partial charge in [0.2, 0.25) is 0 Å². The normalized spacial score (nSPS) is 11.7. The van der Waals surface area contributed by atoms with Crippen molar-refractivity contribution in [1.82, 2.24) is 19.9 Å². The van der Waals surface area contributed by atoms with E-state index in [1.165, 1.54) is 18.0 Å². The maximum atomic E-state index is 12.7. The average molecular weight is 342 g/mol. The van der Waals surface area contributed by atoms with Crippen LogP contribution in [0.4, 0.5) is 0 Å². The molecular weight excluding hydrogens is 324 g/mol. The minimum Gasteiger partial charge on any atom is -0.505 e. The van der Waals surface area contributed by atoms with Crippen molar-refractivity contribution in [3.8, 4) is 5.75 Å². The third kappa shape index (κ3) is 2.75. The Bertz CT molecular complexity index is 1000. The highest BCUT2D eigenvalue weighted by Crippen LogP contribution is 2.33. The zero-order chi connectivity index (χ0) is 18.4. The lowest BCUT2D eigenvalue weighted by Gasteiger charge is -2.21. The SMILES string of the molecule is COC(=O)c1c(O)c2cccc(C(=O)NC(C)(C)C)c2c2ncnn12. The first kappa shape index (κ1) is 16.7. The number of hydrogen-bond acceptors (Lipinski definition) is 6. The summed E-state index contributed by atoms with van der Waals surface area (Å²) < 4.78 is 5.90. The predicted molar refractivity (Wildman–Crippen MR) is 90.7 cm³/mol. The smallest absolute Gasteiger partial charge is 0.360 e. The number of benzene rings is 1. The Morgan fingerprint density at radius 3 is 2.64 bits per heavy atom. The number of fused-ring (bicyclic) bond motifs is 3. The van der Waals surface area contributed by atoms with Crippen molar-refractivity contribution in [1.29, 1.82) is 0 Å². The Morgan fingerprint density at radius 1 is 1.28 bits per heavy atom. The topological polar surface area (TPSA) is 106 Å². The van der Waals surface area contributed by atoms with Gasteiger partial charge in [-0.25, -0.2) is 14.3 Å². The van der Waals surface area contributed by atoms with E-state index < -0.39 is 11.5 Å². The molecule has 3 rings (SSSR count). The fourth-order valence-electron chi connectivity index (χ4n) is 2.67. The summed E-state index contributed by atoms with van der Waals surface area (Å²) in [6.45, 7) is 5.61. The molecule has 25 heavy (non-hydrogen) atoms. The molecule has 0 atom stereocenters. The van der Waals surface area contributed by atoms with Gasteiger partial charge in [-0.05, 0) is 26.8 Å². The lowest BCUT2D eigenvalue weighted by Crippen LogP contribution is -2.40. The first-order chi connectivity index (χ1) is 11.7. The Balaban J connectivity index is 2.37. The molecule has 0 bridgehead atoms. The monoisotopic (exact) mass is 342 g/mol. The van der Waals surface area contributed by atoms with E-state index in [0.717, 1.165) is 0 Å². The van der Waals surface area contributed by atoms with Gasteiger partial charge in [-0.15, -0.1) is 0 Å². The van der Waals surface area contributed by atoms with Crippen LogP contribution in [0.2, 0.25) is 0 Å². The van der Waals surface area contributed by atoms with Gasteiger partial charge >= 0.3 is 5.97 Å². The minimum absolute atomic E-state index is 0.143. The third-order valence-corrected chi connectivity index (χ3v) is 3.64. The van der Waals surface area contributed by atoms with Crippen LogP contribution in [0.5, 0.6) is 5.75 Å². The van der Waals surface area contributed by atoms with Gasteiger partial charge in [0.25, 0.3) is 5.91 Å². The molecule has 1 amide bonds. The lowest BCUT2D eigenvalue weighted by atomic mass is 10.0. The Hall–Kier alpha value is -3.16. The Labute approximate surface area is 143 Å². The van der Waals surface area contributed by atoms with Crippen LogP contribution in [0, 0.1) is 0 Å². The molecule has 0 aliphatic carbocycles. The largest absolute Gasteiger partial charge is 0.505 e. The van der Waals surface area contributed by atoms with Gasteiger partial charge in [-0.2, -0.15) is 5.10 Å². The van der Waals surface area contributed by atoms with Gasteiger partial charge < -0.3 is 15.2 Å². The van der Waals surface area contributed by atoms with Gasteiger partial charge in [0.05, 0.1) is 12.7 Å². The summed E-state index contributed by atoms with van der Waals surface area (Å²) in [6, 6.07) is 4.88. The predicted octanol–water partition coefficient (Wildman–Crippen LogP) is 1.90. The number of esters is 1. The number of nitrogens with zero attached hydrogens (tertiary/aromatic N) is 3. The number of aromatic hydroxyl groups is 1. The fraction of sp³-hybridized carbons (Fsp3) is 0.294. The molecule has 8 nitrogen and oxygen atoms in total. The molecule has 8 heteroatoms. The van der Waals surface area contributed by atoms with Gasteiger partial charge in [0, 0.05) is 16.3 Å². The molecule has 1 aromatic carbocycles. The molecule has 0 fully saturated rings. The number of ether oxygens (including phenoxy) is 1. The molecule has 0 unspecified atom stereocenters. The molecule has 3 aromatic rings. The first-order valence-corrected chi connectivity index (χ1v) is 7.63. The van der Waals surface area contributed by atoms with Crippen molar-refractivity contribution in [2.75, 3.05) is 7.11 Å². The van der Waals surface area contributed by atoms with E-state index in [1.54, 1.807) is 18.2 Å². The second-order valence-corrected chi connectivity index (χ2v) is 6.62. The Kier molecular flexibility index (Phi) is 3.82. The van der Waals surface area contributed by atoms with E-state index in [1.807, 2.05) is 20.8 Å². The molecule has 0 saturated carbocycles. The number of amides is 1. The molecule has 2 aromatic heterocycles. The van der Waals surface area contributed by atoms with Crippen molar-refractivity contribution in [3.63, 3.8) is 0 Å². The van der Waals surface area contributed by atoms with Gasteiger partial charge in [0.1, 0.15) is 6.33 Å². The number of methoxy groups -OCH3 is 1. The Morgan fingerprint density at radius 2 is 2.00 bits per heavy atom.